The first-order chi connectivity index (χ1) is 9.06. The Labute approximate surface area is 123 Å². The Kier molecular flexibility index (Phi) is 5.39. The van der Waals surface area contributed by atoms with Gasteiger partial charge in [0.1, 0.15) is 4.90 Å². The molecule has 0 unspecified atom stereocenters. The van der Waals surface area contributed by atoms with Crippen molar-refractivity contribution in [2.45, 2.75) is 4.90 Å². The second-order valence-corrected chi connectivity index (χ2v) is 8.65. The van der Waals surface area contributed by atoms with Crippen LogP contribution in [0.25, 0.3) is 0 Å². The zero-order chi connectivity index (χ0) is 15.6. The first kappa shape index (κ1) is 17.2. The number of nitrogens with zero attached hydrogens (tertiary/aromatic N) is 1. The maximum absolute atomic E-state index is 12.0. The Hall–Kier alpha value is -0.870. The quantitative estimate of drug-likeness (QED) is 0.713. The standard InChI is InChI=1S/C10H16ClN3O4S2/c1-14(2)19(15,16)6-5-13-20(17,18)10-7-8(11)3-4-9(10)12/h3-4,7,13H,5-6,12H2,1-2H3. The van der Waals surface area contributed by atoms with Crippen molar-refractivity contribution in [3.05, 3.63) is 23.2 Å². The van der Waals surface area contributed by atoms with Gasteiger partial charge in [-0.2, -0.15) is 0 Å². The molecule has 0 aliphatic heterocycles. The molecule has 10 heteroatoms. The molecule has 0 aromatic heterocycles. The fourth-order valence-electron chi connectivity index (χ4n) is 1.31. The van der Waals surface area contributed by atoms with E-state index >= 15 is 0 Å². The number of nitrogen functional groups attached to an aromatic ring is 1. The van der Waals surface area contributed by atoms with Crippen LogP contribution in [0.3, 0.4) is 0 Å². The van der Waals surface area contributed by atoms with E-state index in [0.29, 0.717) is 0 Å². The number of hydrogen-bond donors (Lipinski definition) is 2. The van der Waals surface area contributed by atoms with E-state index in [0.717, 1.165) is 4.31 Å². The van der Waals surface area contributed by atoms with Gasteiger partial charge in [0, 0.05) is 25.7 Å². The average Bonchev–Trinajstić information content (AvgIpc) is 2.31. The summed E-state index contributed by atoms with van der Waals surface area (Å²) in [5.74, 6) is -0.348. The number of halogens is 1. The molecule has 0 atom stereocenters. The first-order valence-electron chi connectivity index (χ1n) is 5.51. The summed E-state index contributed by atoms with van der Waals surface area (Å²) in [5.41, 5.74) is 5.62. The largest absolute Gasteiger partial charge is 0.398 e. The van der Waals surface area contributed by atoms with Crippen molar-refractivity contribution in [1.82, 2.24) is 9.03 Å². The molecule has 0 saturated heterocycles. The van der Waals surface area contributed by atoms with E-state index in [1.807, 2.05) is 0 Å². The van der Waals surface area contributed by atoms with Gasteiger partial charge in [-0.15, -0.1) is 0 Å². The van der Waals surface area contributed by atoms with Crippen molar-refractivity contribution >= 4 is 37.3 Å². The molecule has 0 radical (unpaired) electrons. The van der Waals surface area contributed by atoms with Crippen LogP contribution >= 0.6 is 11.6 Å². The third-order valence-corrected chi connectivity index (χ3v) is 6.06. The molecular formula is C10H16ClN3O4S2. The lowest BCUT2D eigenvalue weighted by Crippen LogP contribution is -2.34. The summed E-state index contributed by atoms with van der Waals surface area (Å²) in [4.78, 5) is -0.174. The Balaban J connectivity index is 2.84. The number of sulfonamides is 2. The molecule has 0 amide bonds. The predicted molar refractivity (Wildman–Crippen MR) is 78.5 cm³/mol. The van der Waals surface area contributed by atoms with Crippen molar-refractivity contribution in [2.24, 2.45) is 0 Å². The number of anilines is 1. The Morgan fingerprint density at radius 1 is 1.25 bits per heavy atom. The monoisotopic (exact) mass is 341 g/mol. The van der Waals surface area contributed by atoms with Gasteiger partial charge in [0.25, 0.3) is 0 Å². The van der Waals surface area contributed by atoms with E-state index in [9.17, 15) is 16.8 Å². The molecule has 114 valence electrons. The van der Waals surface area contributed by atoms with E-state index in [-0.39, 0.29) is 27.9 Å². The molecule has 0 bridgehead atoms. The van der Waals surface area contributed by atoms with Crippen LogP contribution in [0, 0.1) is 0 Å². The van der Waals surface area contributed by atoms with Crippen LogP contribution in [0.1, 0.15) is 0 Å². The summed E-state index contributed by atoms with van der Waals surface area (Å²) in [6, 6.07) is 4.04. The third-order valence-electron chi connectivity index (χ3n) is 2.47. The van der Waals surface area contributed by atoms with Gasteiger partial charge in [-0.05, 0) is 18.2 Å². The average molecular weight is 342 g/mol. The number of benzene rings is 1. The van der Waals surface area contributed by atoms with E-state index in [2.05, 4.69) is 4.72 Å². The van der Waals surface area contributed by atoms with Gasteiger partial charge in [0.15, 0.2) is 0 Å². The summed E-state index contributed by atoms with van der Waals surface area (Å²) in [6.45, 7) is -0.255. The minimum absolute atomic E-state index is 0.0392. The van der Waals surface area contributed by atoms with Crippen molar-refractivity contribution in [1.29, 1.82) is 0 Å². The summed E-state index contributed by atoms with van der Waals surface area (Å²) >= 11 is 5.72. The molecule has 1 aromatic carbocycles. The first-order valence-corrected chi connectivity index (χ1v) is 8.98. The zero-order valence-corrected chi connectivity index (χ0v) is 13.4. The number of nitrogens with one attached hydrogen (secondary N) is 1. The summed E-state index contributed by atoms with van der Waals surface area (Å²) < 4.78 is 50.2. The van der Waals surface area contributed by atoms with Gasteiger partial charge in [0.2, 0.25) is 20.0 Å². The molecular weight excluding hydrogens is 326 g/mol. The lowest BCUT2D eigenvalue weighted by Gasteiger charge is -2.12. The maximum atomic E-state index is 12.0. The SMILES string of the molecule is CN(C)S(=O)(=O)CCNS(=O)(=O)c1cc(Cl)ccc1N. The van der Waals surface area contributed by atoms with Crippen molar-refractivity contribution in [3.8, 4) is 0 Å². The normalized spacial score (nSPS) is 12.8. The van der Waals surface area contributed by atoms with Gasteiger partial charge in [0.05, 0.1) is 11.4 Å². The van der Waals surface area contributed by atoms with Gasteiger partial charge in [-0.1, -0.05) is 11.6 Å². The van der Waals surface area contributed by atoms with Crippen molar-refractivity contribution in [3.63, 3.8) is 0 Å². The molecule has 0 spiro atoms. The molecule has 0 aliphatic carbocycles. The highest BCUT2D eigenvalue weighted by atomic mass is 35.5. The highest BCUT2D eigenvalue weighted by Gasteiger charge is 2.20. The number of rotatable bonds is 6. The minimum atomic E-state index is -3.90. The van der Waals surface area contributed by atoms with Gasteiger partial charge in [-0.25, -0.2) is 25.9 Å². The van der Waals surface area contributed by atoms with Crippen LogP contribution in [0.4, 0.5) is 5.69 Å². The molecule has 1 rings (SSSR count). The minimum Gasteiger partial charge on any atom is -0.398 e. The van der Waals surface area contributed by atoms with Crippen LogP contribution in [-0.2, 0) is 20.0 Å². The smallest absolute Gasteiger partial charge is 0.242 e. The van der Waals surface area contributed by atoms with Crippen LogP contribution in [0.15, 0.2) is 23.1 Å². The van der Waals surface area contributed by atoms with Gasteiger partial charge >= 0.3 is 0 Å². The number of nitrogens with two attached hydrogens (primary N) is 1. The van der Waals surface area contributed by atoms with Crippen LogP contribution < -0.4 is 10.5 Å². The second kappa shape index (κ2) is 6.27. The molecule has 0 saturated carbocycles. The molecule has 0 heterocycles. The van der Waals surface area contributed by atoms with Crippen LogP contribution in [0.5, 0.6) is 0 Å². The highest BCUT2D eigenvalue weighted by Crippen LogP contribution is 2.22. The van der Waals surface area contributed by atoms with E-state index in [1.54, 1.807) is 0 Å². The van der Waals surface area contributed by atoms with E-state index < -0.39 is 20.0 Å². The Morgan fingerprint density at radius 3 is 2.40 bits per heavy atom. The number of hydrogen-bond acceptors (Lipinski definition) is 5. The van der Waals surface area contributed by atoms with Crippen molar-refractivity contribution in [2.75, 3.05) is 32.1 Å². The summed E-state index contributed by atoms with van der Waals surface area (Å²) in [5, 5.41) is 0.223. The Bertz CT molecular complexity index is 686. The lowest BCUT2D eigenvalue weighted by atomic mass is 10.3. The molecule has 0 aliphatic rings. The topological polar surface area (TPSA) is 110 Å². The molecule has 0 fully saturated rings. The highest BCUT2D eigenvalue weighted by molar-refractivity contribution is 7.90. The molecule has 7 nitrogen and oxygen atoms in total. The molecule has 20 heavy (non-hydrogen) atoms. The van der Waals surface area contributed by atoms with E-state index in [1.165, 1.54) is 32.3 Å². The van der Waals surface area contributed by atoms with Gasteiger partial charge in [-0.3, -0.25) is 0 Å². The van der Waals surface area contributed by atoms with Crippen LogP contribution in [-0.4, -0.2) is 47.5 Å². The molecule has 3 N–H and O–H groups in total. The Morgan fingerprint density at radius 2 is 1.85 bits per heavy atom. The maximum Gasteiger partial charge on any atom is 0.242 e. The molecule has 1 aromatic rings. The fraction of sp³-hybridized carbons (Fsp3) is 0.400. The summed E-state index contributed by atoms with van der Waals surface area (Å²) in [7, 11) is -4.63. The van der Waals surface area contributed by atoms with Crippen molar-refractivity contribution < 1.29 is 16.8 Å². The fourth-order valence-corrected chi connectivity index (χ4v) is 3.58. The zero-order valence-electron chi connectivity index (χ0n) is 11.0. The second-order valence-electron chi connectivity index (χ2n) is 4.18. The summed E-state index contributed by atoms with van der Waals surface area (Å²) in [6.07, 6.45) is 0. The predicted octanol–water partition coefficient (Wildman–Crippen LogP) is 0.0919. The van der Waals surface area contributed by atoms with E-state index in [4.69, 9.17) is 17.3 Å². The lowest BCUT2D eigenvalue weighted by molar-refractivity contribution is 0.519. The van der Waals surface area contributed by atoms with Crippen LogP contribution in [0.2, 0.25) is 5.02 Å². The van der Waals surface area contributed by atoms with Gasteiger partial charge < -0.3 is 5.73 Å². The third kappa shape index (κ3) is 4.32.